The van der Waals surface area contributed by atoms with Crippen molar-refractivity contribution in [3.63, 3.8) is 0 Å². The van der Waals surface area contributed by atoms with Gasteiger partial charge >= 0.3 is 5.97 Å². The summed E-state index contributed by atoms with van der Waals surface area (Å²) in [6, 6.07) is 6.26. The molecule has 6 heteroatoms. The molecular weight excluding hydrogens is 266 g/mol. The first-order valence-corrected chi connectivity index (χ1v) is 7.86. The van der Waals surface area contributed by atoms with Gasteiger partial charge in [0, 0.05) is 5.69 Å². The quantitative estimate of drug-likeness (QED) is 0.812. The largest absolute Gasteiger partial charge is 0.462 e. The van der Waals surface area contributed by atoms with E-state index in [0.29, 0.717) is 17.9 Å². The van der Waals surface area contributed by atoms with E-state index in [0.717, 1.165) is 19.3 Å². The summed E-state index contributed by atoms with van der Waals surface area (Å²) in [5, 5.41) is -0.262. The molecule has 1 aliphatic carbocycles. The molecule has 1 saturated carbocycles. The molecule has 1 fully saturated rings. The predicted octanol–water partition coefficient (Wildman–Crippen LogP) is 2.16. The number of hydrogen-bond donors (Lipinski definition) is 1. The zero-order valence-corrected chi connectivity index (χ0v) is 11.6. The van der Waals surface area contributed by atoms with Crippen molar-refractivity contribution in [3.8, 4) is 0 Å². The maximum atomic E-state index is 11.7. The molecule has 0 unspecified atom stereocenters. The first-order chi connectivity index (χ1) is 9.03. The van der Waals surface area contributed by atoms with Gasteiger partial charge in [-0.25, -0.2) is 13.2 Å². The highest BCUT2D eigenvalue weighted by molar-refractivity contribution is 7.93. The molecule has 0 atom stereocenters. The molecule has 0 heterocycles. The number of hydrogen-bond acceptors (Lipinski definition) is 4. The van der Waals surface area contributed by atoms with Gasteiger partial charge in [-0.15, -0.1) is 0 Å². The normalized spacial score (nSPS) is 15.0. The van der Waals surface area contributed by atoms with Crippen molar-refractivity contribution in [2.45, 2.75) is 31.4 Å². The van der Waals surface area contributed by atoms with E-state index >= 15 is 0 Å². The van der Waals surface area contributed by atoms with Gasteiger partial charge in [-0.05, 0) is 43.5 Å². The Balaban J connectivity index is 2.00. The van der Waals surface area contributed by atoms with Crippen LogP contribution in [0.25, 0.3) is 0 Å². The number of nitrogens with one attached hydrogen (secondary N) is 1. The molecule has 1 aromatic carbocycles. The maximum Gasteiger partial charge on any atom is 0.338 e. The number of carbonyl (C=O) groups is 1. The van der Waals surface area contributed by atoms with E-state index in [1.807, 2.05) is 6.92 Å². The molecular formula is C13H17NO4S. The molecule has 1 aliphatic rings. The van der Waals surface area contributed by atoms with E-state index in [2.05, 4.69) is 4.72 Å². The first-order valence-electron chi connectivity index (χ1n) is 6.32. The van der Waals surface area contributed by atoms with Crippen molar-refractivity contribution in [2.75, 3.05) is 11.3 Å². The Bertz CT molecular complexity index is 547. The van der Waals surface area contributed by atoms with Crippen molar-refractivity contribution in [1.82, 2.24) is 0 Å². The van der Waals surface area contributed by atoms with Crippen LogP contribution in [-0.4, -0.2) is 26.2 Å². The van der Waals surface area contributed by atoms with E-state index in [1.54, 1.807) is 24.3 Å². The Hall–Kier alpha value is -1.56. The van der Waals surface area contributed by atoms with Gasteiger partial charge in [-0.1, -0.05) is 6.92 Å². The number of anilines is 1. The second-order valence-electron chi connectivity index (χ2n) is 4.56. The van der Waals surface area contributed by atoms with Gasteiger partial charge in [-0.2, -0.15) is 0 Å². The van der Waals surface area contributed by atoms with Crippen LogP contribution in [0.3, 0.4) is 0 Å². The van der Waals surface area contributed by atoms with Crippen molar-refractivity contribution >= 4 is 21.7 Å². The fourth-order valence-corrected chi connectivity index (χ4v) is 2.97. The van der Waals surface area contributed by atoms with Crippen LogP contribution >= 0.6 is 0 Å². The maximum absolute atomic E-state index is 11.7. The average Bonchev–Trinajstić information content (AvgIpc) is 3.21. The molecule has 104 valence electrons. The number of sulfonamides is 1. The summed E-state index contributed by atoms with van der Waals surface area (Å²) >= 11 is 0. The van der Waals surface area contributed by atoms with Crippen LogP contribution < -0.4 is 4.72 Å². The predicted molar refractivity (Wildman–Crippen MR) is 72.6 cm³/mol. The minimum atomic E-state index is -3.25. The Morgan fingerprint density at radius 1 is 1.32 bits per heavy atom. The monoisotopic (exact) mass is 283 g/mol. The van der Waals surface area contributed by atoms with Crippen LogP contribution in [-0.2, 0) is 14.8 Å². The van der Waals surface area contributed by atoms with Gasteiger partial charge < -0.3 is 4.74 Å². The Morgan fingerprint density at radius 3 is 2.47 bits per heavy atom. The second-order valence-corrected chi connectivity index (χ2v) is 6.52. The third kappa shape index (κ3) is 3.70. The van der Waals surface area contributed by atoms with Crippen LogP contribution in [0.15, 0.2) is 24.3 Å². The fraction of sp³-hybridized carbons (Fsp3) is 0.462. The van der Waals surface area contributed by atoms with Crippen molar-refractivity contribution in [3.05, 3.63) is 29.8 Å². The Morgan fingerprint density at radius 2 is 1.95 bits per heavy atom. The molecule has 1 N–H and O–H groups in total. The van der Waals surface area contributed by atoms with Crippen LogP contribution in [0.4, 0.5) is 5.69 Å². The molecule has 19 heavy (non-hydrogen) atoms. The molecule has 0 amide bonds. The second kappa shape index (κ2) is 5.61. The van der Waals surface area contributed by atoms with Gasteiger partial charge in [0.05, 0.1) is 17.4 Å². The molecule has 0 radical (unpaired) electrons. The van der Waals surface area contributed by atoms with Gasteiger partial charge in [0.2, 0.25) is 10.0 Å². The van der Waals surface area contributed by atoms with Crippen LogP contribution in [0, 0.1) is 0 Å². The van der Waals surface area contributed by atoms with E-state index in [1.165, 1.54) is 0 Å². The third-order valence-corrected chi connectivity index (χ3v) is 4.65. The van der Waals surface area contributed by atoms with Crippen LogP contribution in [0.1, 0.15) is 36.5 Å². The van der Waals surface area contributed by atoms with Gasteiger partial charge in [-0.3, -0.25) is 4.72 Å². The van der Waals surface area contributed by atoms with Crippen molar-refractivity contribution in [1.29, 1.82) is 0 Å². The molecule has 0 aromatic heterocycles. The van der Waals surface area contributed by atoms with Crippen molar-refractivity contribution in [2.24, 2.45) is 0 Å². The standard InChI is InChI=1S/C13H17NO4S/c1-2-9-18-13(15)10-3-5-11(6-4-10)14-19(16,17)12-7-8-12/h3-6,12,14H,2,7-9H2,1H3. The molecule has 2 rings (SSSR count). The zero-order chi connectivity index (χ0) is 13.9. The summed E-state index contributed by atoms with van der Waals surface area (Å²) in [6.45, 7) is 2.30. The Labute approximate surface area is 113 Å². The summed E-state index contributed by atoms with van der Waals surface area (Å²) in [7, 11) is -3.25. The topological polar surface area (TPSA) is 72.5 Å². The number of benzene rings is 1. The third-order valence-electron chi connectivity index (χ3n) is 2.78. The number of esters is 1. The molecule has 0 spiro atoms. The number of rotatable bonds is 6. The molecule has 0 aliphatic heterocycles. The van der Waals surface area contributed by atoms with Crippen LogP contribution in [0.5, 0.6) is 0 Å². The van der Waals surface area contributed by atoms with Crippen LogP contribution in [0.2, 0.25) is 0 Å². The smallest absolute Gasteiger partial charge is 0.338 e. The lowest BCUT2D eigenvalue weighted by Crippen LogP contribution is -2.17. The fourth-order valence-electron chi connectivity index (χ4n) is 1.58. The van der Waals surface area contributed by atoms with Gasteiger partial charge in [0.25, 0.3) is 0 Å². The average molecular weight is 283 g/mol. The van der Waals surface area contributed by atoms with Gasteiger partial charge in [0.15, 0.2) is 0 Å². The van der Waals surface area contributed by atoms with E-state index in [9.17, 15) is 13.2 Å². The summed E-state index contributed by atoms with van der Waals surface area (Å²) < 4.78 is 30.9. The summed E-state index contributed by atoms with van der Waals surface area (Å²) in [4.78, 5) is 11.6. The Kier molecular flexibility index (Phi) is 4.09. The summed E-state index contributed by atoms with van der Waals surface area (Å²) in [5.41, 5.74) is 0.891. The minimum Gasteiger partial charge on any atom is -0.462 e. The van der Waals surface area contributed by atoms with E-state index in [-0.39, 0.29) is 5.25 Å². The zero-order valence-electron chi connectivity index (χ0n) is 10.8. The summed E-state index contributed by atoms with van der Waals surface area (Å²) in [6.07, 6.45) is 2.21. The molecule has 5 nitrogen and oxygen atoms in total. The highest BCUT2D eigenvalue weighted by Gasteiger charge is 2.35. The lowest BCUT2D eigenvalue weighted by atomic mass is 10.2. The lowest BCUT2D eigenvalue weighted by molar-refractivity contribution is 0.0505. The lowest BCUT2D eigenvalue weighted by Gasteiger charge is -2.07. The first kappa shape index (κ1) is 13.9. The minimum absolute atomic E-state index is 0.262. The summed E-state index contributed by atoms with van der Waals surface area (Å²) in [5.74, 6) is -0.390. The molecule has 1 aromatic rings. The van der Waals surface area contributed by atoms with Crippen molar-refractivity contribution < 1.29 is 17.9 Å². The SMILES string of the molecule is CCCOC(=O)c1ccc(NS(=O)(=O)C2CC2)cc1. The highest BCUT2D eigenvalue weighted by Crippen LogP contribution is 2.29. The number of ether oxygens (including phenoxy) is 1. The van der Waals surface area contributed by atoms with E-state index in [4.69, 9.17) is 4.74 Å². The van der Waals surface area contributed by atoms with E-state index < -0.39 is 16.0 Å². The molecule has 0 saturated heterocycles. The van der Waals surface area contributed by atoms with Gasteiger partial charge in [0.1, 0.15) is 0 Å². The molecule has 0 bridgehead atoms. The highest BCUT2D eigenvalue weighted by atomic mass is 32.2. The number of carbonyl (C=O) groups excluding carboxylic acids is 1.